The molecule has 1 N–H and O–H groups in total. The third-order valence-corrected chi connectivity index (χ3v) is 4.62. The topological polar surface area (TPSA) is 20.2 Å². The van der Waals surface area contributed by atoms with E-state index in [0.717, 1.165) is 21.9 Å². The monoisotopic (exact) mass is 298 g/mol. The van der Waals surface area contributed by atoms with Crippen LogP contribution in [0.4, 0.5) is 0 Å². The van der Waals surface area contributed by atoms with Gasteiger partial charge in [-0.3, -0.25) is 0 Å². The van der Waals surface area contributed by atoms with Gasteiger partial charge in [0.15, 0.2) is 0 Å². The van der Waals surface area contributed by atoms with Crippen LogP contribution in [0.1, 0.15) is 18.1 Å². The molecule has 4 aromatic carbocycles. The van der Waals surface area contributed by atoms with Crippen molar-refractivity contribution in [2.75, 3.05) is 0 Å². The van der Waals surface area contributed by atoms with E-state index in [9.17, 15) is 5.11 Å². The first kappa shape index (κ1) is 14.0. The molecular weight excluding hydrogens is 280 g/mol. The Hall–Kier alpha value is -2.64. The summed E-state index contributed by atoms with van der Waals surface area (Å²) in [7, 11) is 0. The summed E-state index contributed by atoms with van der Waals surface area (Å²) >= 11 is 0. The lowest BCUT2D eigenvalue weighted by atomic mass is 9.86. The first-order valence-corrected chi connectivity index (χ1v) is 7.85. The average Bonchev–Trinajstić information content (AvgIpc) is 2.61. The van der Waals surface area contributed by atoms with Gasteiger partial charge in [0, 0.05) is 0 Å². The predicted octanol–water partition coefficient (Wildman–Crippen LogP) is 5.25. The van der Waals surface area contributed by atoms with Crippen LogP contribution in [0.25, 0.3) is 21.5 Å². The zero-order valence-corrected chi connectivity index (χ0v) is 13.0. The molecule has 0 unspecified atom stereocenters. The highest BCUT2D eigenvalue weighted by Gasteiger charge is 2.25. The highest BCUT2D eigenvalue weighted by Crippen LogP contribution is 2.32. The Labute approximate surface area is 135 Å². The van der Waals surface area contributed by atoms with Gasteiger partial charge in [-0.05, 0) is 51.7 Å². The fourth-order valence-corrected chi connectivity index (χ4v) is 3.15. The molecule has 0 spiro atoms. The van der Waals surface area contributed by atoms with Gasteiger partial charge in [-0.25, -0.2) is 0 Å². The minimum atomic E-state index is -1.02. The van der Waals surface area contributed by atoms with Crippen molar-refractivity contribution in [1.82, 2.24) is 0 Å². The Kier molecular flexibility index (Phi) is 3.17. The van der Waals surface area contributed by atoms with E-state index >= 15 is 0 Å². The van der Waals surface area contributed by atoms with E-state index in [1.165, 1.54) is 10.8 Å². The van der Waals surface area contributed by atoms with Gasteiger partial charge in [0.25, 0.3) is 0 Å². The van der Waals surface area contributed by atoms with Gasteiger partial charge < -0.3 is 5.11 Å². The number of aliphatic hydroxyl groups is 1. The van der Waals surface area contributed by atoms with E-state index in [1.807, 2.05) is 43.3 Å². The maximum absolute atomic E-state index is 11.2. The van der Waals surface area contributed by atoms with E-state index in [-0.39, 0.29) is 0 Å². The van der Waals surface area contributed by atoms with E-state index in [2.05, 4.69) is 48.5 Å². The lowest BCUT2D eigenvalue weighted by Crippen LogP contribution is -2.22. The number of fused-ring (bicyclic) bond motifs is 2. The first-order valence-electron chi connectivity index (χ1n) is 7.85. The maximum atomic E-state index is 11.2. The van der Waals surface area contributed by atoms with Crippen molar-refractivity contribution in [1.29, 1.82) is 0 Å². The van der Waals surface area contributed by atoms with E-state index in [1.54, 1.807) is 0 Å². The molecule has 0 saturated carbocycles. The zero-order chi connectivity index (χ0) is 15.9. The Morgan fingerprint density at radius 3 is 1.39 bits per heavy atom. The lowest BCUT2D eigenvalue weighted by Gasteiger charge is -2.25. The molecular formula is C22H18O. The highest BCUT2D eigenvalue weighted by molar-refractivity contribution is 5.85. The Morgan fingerprint density at radius 1 is 0.565 bits per heavy atom. The molecule has 23 heavy (non-hydrogen) atoms. The van der Waals surface area contributed by atoms with Crippen LogP contribution in [0.5, 0.6) is 0 Å². The molecule has 4 rings (SSSR count). The minimum absolute atomic E-state index is 0.909. The van der Waals surface area contributed by atoms with Crippen molar-refractivity contribution in [3.05, 3.63) is 96.1 Å². The average molecular weight is 298 g/mol. The van der Waals surface area contributed by atoms with Gasteiger partial charge in [-0.2, -0.15) is 0 Å². The molecule has 1 heteroatoms. The summed E-state index contributed by atoms with van der Waals surface area (Å²) in [5, 5.41) is 15.8. The maximum Gasteiger partial charge on any atom is 0.112 e. The van der Waals surface area contributed by atoms with Gasteiger partial charge in [-0.1, -0.05) is 72.8 Å². The Bertz CT molecular complexity index is 917. The van der Waals surface area contributed by atoms with Gasteiger partial charge in [0.1, 0.15) is 5.60 Å². The number of hydrogen-bond acceptors (Lipinski definition) is 1. The third kappa shape index (κ3) is 2.39. The summed E-state index contributed by atoms with van der Waals surface area (Å²) in [5.41, 5.74) is 0.798. The standard InChI is InChI=1S/C22H18O/c1-22(23,20-12-10-16-6-2-4-8-18(16)14-20)21-13-11-17-7-3-5-9-19(17)15-21/h2-15,23H,1H3. The number of rotatable bonds is 2. The van der Waals surface area contributed by atoms with Crippen LogP contribution >= 0.6 is 0 Å². The van der Waals surface area contributed by atoms with Crippen molar-refractivity contribution in [3.63, 3.8) is 0 Å². The predicted molar refractivity (Wildman–Crippen MR) is 96.6 cm³/mol. The number of hydrogen-bond donors (Lipinski definition) is 1. The van der Waals surface area contributed by atoms with Crippen LogP contribution in [0, 0.1) is 0 Å². The van der Waals surface area contributed by atoms with Crippen LogP contribution in [-0.2, 0) is 5.60 Å². The van der Waals surface area contributed by atoms with Crippen molar-refractivity contribution >= 4 is 21.5 Å². The SMILES string of the molecule is CC(O)(c1ccc2ccccc2c1)c1ccc2ccccc2c1. The summed E-state index contributed by atoms with van der Waals surface area (Å²) in [6.45, 7) is 1.86. The van der Waals surface area contributed by atoms with Crippen LogP contribution in [0.2, 0.25) is 0 Å². The molecule has 0 heterocycles. The van der Waals surface area contributed by atoms with Crippen molar-refractivity contribution in [3.8, 4) is 0 Å². The second-order valence-corrected chi connectivity index (χ2v) is 6.20. The van der Waals surface area contributed by atoms with E-state index in [0.29, 0.717) is 0 Å². The quantitative estimate of drug-likeness (QED) is 0.536. The molecule has 0 saturated heterocycles. The Balaban J connectivity index is 1.85. The van der Waals surface area contributed by atoms with E-state index in [4.69, 9.17) is 0 Å². The third-order valence-electron chi connectivity index (χ3n) is 4.62. The first-order chi connectivity index (χ1) is 11.1. The fraction of sp³-hybridized carbons (Fsp3) is 0.0909. The molecule has 112 valence electrons. The molecule has 4 aromatic rings. The molecule has 0 atom stereocenters. The van der Waals surface area contributed by atoms with Gasteiger partial charge in [0.2, 0.25) is 0 Å². The molecule has 0 aliphatic carbocycles. The van der Waals surface area contributed by atoms with Gasteiger partial charge in [-0.15, -0.1) is 0 Å². The second kappa shape index (κ2) is 5.22. The summed E-state index contributed by atoms with van der Waals surface area (Å²) in [4.78, 5) is 0. The summed E-state index contributed by atoms with van der Waals surface area (Å²) in [5.74, 6) is 0. The van der Waals surface area contributed by atoms with Gasteiger partial charge in [0.05, 0.1) is 0 Å². The van der Waals surface area contributed by atoms with Crippen molar-refractivity contribution in [2.24, 2.45) is 0 Å². The largest absolute Gasteiger partial charge is 0.381 e. The van der Waals surface area contributed by atoms with Crippen molar-refractivity contribution in [2.45, 2.75) is 12.5 Å². The molecule has 0 bridgehead atoms. The van der Waals surface area contributed by atoms with Crippen LogP contribution in [0.3, 0.4) is 0 Å². The molecule has 0 aromatic heterocycles. The minimum Gasteiger partial charge on any atom is -0.381 e. The van der Waals surface area contributed by atoms with Crippen LogP contribution < -0.4 is 0 Å². The molecule has 1 nitrogen and oxygen atoms in total. The summed E-state index contributed by atoms with van der Waals surface area (Å²) in [6, 6.07) is 28.8. The van der Waals surface area contributed by atoms with Crippen LogP contribution in [-0.4, -0.2) is 5.11 Å². The fourth-order valence-electron chi connectivity index (χ4n) is 3.15. The van der Waals surface area contributed by atoms with Gasteiger partial charge >= 0.3 is 0 Å². The van der Waals surface area contributed by atoms with Crippen molar-refractivity contribution < 1.29 is 5.11 Å². The normalized spacial score (nSPS) is 11.9. The molecule has 0 amide bonds. The summed E-state index contributed by atoms with van der Waals surface area (Å²) < 4.78 is 0. The number of benzene rings is 4. The summed E-state index contributed by atoms with van der Waals surface area (Å²) in [6.07, 6.45) is 0. The highest BCUT2D eigenvalue weighted by atomic mass is 16.3. The lowest BCUT2D eigenvalue weighted by molar-refractivity contribution is 0.103. The van der Waals surface area contributed by atoms with E-state index < -0.39 is 5.60 Å². The smallest absolute Gasteiger partial charge is 0.112 e. The molecule has 0 aliphatic rings. The molecule has 0 aliphatic heterocycles. The zero-order valence-electron chi connectivity index (χ0n) is 13.0. The Morgan fingerprint density at radius 2 is 0.957 bits per heavy atom. The van der Waals surface area contributed by atoms with Crippen LogP contribution in [0.15, 0.2) is 84.9 Å². The second-order valence-electron chi connectivity index (χ2n) is 6.20. The molecule has 0 radical (unpaired) electrons. The molecule has 0 fully saturated rings.